The van der Waals surface area contributed by atoms with Crippen molar-refractivity contribution < 1.29 is 9.90 Å². The second-order valence-electron chi connectivity index (χ2n) is 4.69. The number of thioether (sulfide) groups is 1. The van der Waals surface area contributed by atoms with Gasteiger partial charge in [-0.25, -0.2) is 4.98 Å². The Hall–Kier alpha value is -1.20. The summed E-state index contributed by atoms with van der Waals surface area (Å²) in [5.41, 5.74) is 1.69. The average molecular weight is 299 g/mol. The predicted octanol–water partition coefficient (Wildman–Crippen LogP) is 3.52. The monoisotopic (exact) mass is 298 g/mol. The Morgan fingerprint density at radius 1 is 1.53 bits per heavy atom. The topological polar surface area (TPSA) is 55.1 Å². The smallest absolute Gasteiger partial charge is 0.313 e. The van der Waals surface area contributed by atoms with Gasteiger partial charge in [0.25, 0.3) is 0 Å². The largest absolute Gasteiger partial charge is 0.481 e. The molecule has 0 atom stereocenters. The lowest BCUT2D eigenvalue weighted by Crippen LogP contribution is -2.07. The van der Waals surface area contributed by atoms with E-state index in [0.717, 1.165) is 17.6 Å². The molecule has 0 amide bonds. The number of aliphatic carboxylic acids is 1. The molecule has 0 aliphatic rings. The van der Waals surface area contributed by atoms with Crippen LogP contribution in [0.5, 0.6) is 0 Å². The standard InChI is InChI=1S/C13H15ClN2O2S/c1-8(2)6-16-12-9(14)4-3-5-10(12)15-13(16)19-7-11(17)18/h3-5,8H,6-7H2,1-2H3,(H,17,18). The van der Waals surface area contributed by atoms with Crippen LogP contribution in [0.1, 0.15) is 13.8 Å². The first kappa shape index (κ1) is 14.2. The van der Waals surface area contributed by atoms with Gasteiger partial charge in [-0.3, -0.25) is 4.79 Å². The van der Waals surface area contributed by atoms with Crippen molar-refractivity contribution in [3.05, 3.63) is 23.2 Å². The van der Waals surface area contributed by atoms with Gasteiger partial charge in [-0.15, -0.1) is 0 Å². The van der Waals surface area contributed by atoms with E-state index in [4.69, 9.17) is 16.7 Å². The Kier molecular flexibility index (Phi) is 4.37. The zero-order valence-electron chi connectivity index (χ0n) is 10.8. The minimum atomic E-state index is -0.848. The molecule has 1 aromatic heterocycles. The number of benzene rings is 1. The molecule has 0 aliphatic carbocycles. The molecule has 6 heteroatoms. The van der Waals surface area contributed by atoms with Crippen molar-refractivity contribution in [3.63, 3.8) is 0 Å². The summed E-state index contributed by atoms with van der Waals surface area (Å²) in [4.78, 5) is 15.2. The average Bonchev–Trinajstić information content (AvgIpc) is 2.65. The Labute approximate surface area is 120 Å². The molecule has 4 nitrogen and oxygen atoms in total. The number of nitrogens with zero attached hydrogens (tertiary/aromatic N) is 2. The lowest BCUT2D eigenvalue weighted by atomic mass is 10.2. The molecule has 0 fully saturated rings. The summed E-state index contributed by atoms with van der Waals surface area (Å²) in [6.07, 6.45) is 0. The summed E-state index contributed by atoms with van der Waals surface area (Å²) in [5, 5.41) is 10.1. The molecule has 1 heterocycles. The van der Waals surface area contributed by atoms with Crippen LogP contribution in [0.3, 0.4) is 0 Å². The number of aromatic nitrogens is 2. The highest BCUT2D eigenvalue weighted by Crippen LogP contribution is 2.29. The van der Waals surface area contributed by atoms with Crippen LogP contribution in [0, 0.1) is 5.92 Å². The van der Waals surface area contributed by atoms with E-state index >= 15 is 0 Å². The van der Waals surface area contributed by atoms with Crippen LogP contribution in [0.15, 0.2) is 23.4 Å². The molecule has 0 aliphatic heterocycles. The Morgan fingerprint density at radius 3 is 2.89 bits per heavy atom. The highest BCUT2D eigenvalue weighted by Gasteiger charge is 2.15. The molecule has 0 bridgehead atoms. The maximum atomic E-state index is 10.7. The van der Waals surface area contributed by atoms with Crippen molar-refractivity contribution in [3.8, 4) is 0 Å². The van der Waals surface area contributed by atoms with Crippen molar-refractivity contribution >= 4 is 40.4 Å². The van der Waals surface area contributed by atoms with E-state index in [-0.39, 0.29) is 5.75 Å². The van der Waals surface area contributed by atoms with E-state index in [1.807, 2.05) is 22.8 Å². The fourth-order valence-electron chi connectivity index (χ4n) is 1.89. The van der Waals surface area contributed by atoms with Crippen LogP contribution in [0.2, 0.25) is 5.02 Å². The van der Waals surface area contributed by atoms with Gasteiger partial charge in [0.05, 0.1) is 21.8 Å². The van der Waals surface area contributed by atoms with E-state index in [0.29, 0.717) is 16.1 Å². The minimum Gasteiger partial charge on any atom is -0.481 e. The quantitative estimate of drug-likeness (QED) is 0.858. The van der Waals surface area contributed by atoms with Crippen LogP contribution in [0.4, 0.5) is 0 Å². The minimum absolute atomic E-state index is 0.000956. The number of hydrogen-bond acceptors (Lipinski definition) is 3. The number of rotatable bonds is 5. The summed E-state index contributed by atoms with van der Waals surface area (Å²) in [6, 6.07) is 5.57. The van der Waals surface area contributed by atoms with Gasteiger partial charge in [-0.1, -0.05) is 43.3 Å². The maximum absolute atomic E-state index is 10.7. The van der Waals surface area contributed by atoms with Crippen LogP contribution < -0.4 is 0 Å². The summed E-state index contributed by atoms with van der Waals surface area (Å²) in [5.74, 6) is -0.420. The number of carboxylic acids is 1. The molecule has 0 saturated heterocycles. The van der Waals surface area contributed by atoms with E-state index in [1.165, 1.54) is 11.8 Å². The fraction of sp³-hybridized carbons (Fsp3) is 0.385. The first-order valence-electron chi connectivity index (χ1n) is 5.98. The lowest BCUT2D eigenvalue weighted by molar-refractivity contribution is -0.133. The third-order valence-corrected chi connectivity index (χ3v) is 3.82. The van der Waals surface area contributed by atoms with E-state index in [1.54, 1.807) is 0 Å². The zero-order valence-corrected chi connectivity index (χ0v) is 12.3. The fourth-order valence-corrected chi connectivity index (χ4v) is 2.90. The van der Waals surface area contributed by atoms with Gasteiger partial charge in [0.15, 0.2) is 5.16 Å². The first-order valence-corrected chi connectivity index (χ1v) is 7.34. The second kappa shape index (κ2) is 5.84. The third-order valence-electron chi connectivity index (χ3n) is 2.55. The van der Waals surface area contributed by atoms with Crippen molar-refractivity contribution in [1.82, 2.24) is 9.55 Å². The maximum Gasteiger partial charge on any atom is 0.313 e. The summed E-state index contributed by atoms with van der Waals surface area (Å²) >= 11 is 7.46. The van der Waals surface area contributed by atoms with Crippen molar-refractivity contribution in [1.29, 1.82) is 0 Å². The van der Waals surface area contributed by atoms with Gasteiger partial charge < -0.3 is 9.67 Å². The number of imidazole rings is 1. The molecule has 1 N–H and O–H groups in total. The second-order valence-corrected chi connectivity index (χ2v) is 6.04. The molecule has 2 rings (SSSR count). The zero-order chi connectivity index (χ0) is 14.0. The van der Waals surface area contributed by atoms with E-state index < -0.39 is 5.97 Å². The van der Waals surface area contributed by atoms with Crippen molar-refractivity contribution in [2.75, 3.05) is 5.75 Å². The molecule has 0 unspecified atom stereocenters. The van der Waals surface area contributed by atoms with Gasteiger partial charge in [-0.2, -0.15) is 0 Å². The molecule has 2 aromatic rings. The number of carbonyl (C=O) groups is 1. The van der Waals surface area contributed by atoms with Crippen LogP contribution in [-0.2, 0) is 11.3 Å². The van der Waals surface area contributed by atoms with E-state index in [2.05, 4.69) is 18.8 Å². The molecule has 0 radical (unpaired) electrons. The summed E-state index contributed by atoms with van der Waals surface area (Å²) in [7, 11) is 0. The van der Waals surface area contributed by atoms with Crippen molar-refractivity contribution in [2.45, 2.75) is 25.5 Å². The van der Waals surface area contributed by atoms with Gasteiger partial charge in [0.1, 0.15) is 0 Å². The number of para-hydroxylation sites is 1. The SMILES string of the molecule is CC(C)Cn1c(SCC(=O)O)nc2cccc(Cl)c21. The van der Waals surface area contributed by atoms with Gasteiger partial charge in [0.2, 0.25) is 0 Å². The number of fused-ring (bicyclic) bond motifs is 1. The Balaban J connectivity index is 2.49. The highest BCUT2D eigenvalue weighted by atomic mass is 35.5. The Bertz CT molecular complexity index is 610. The van der Waals surface area contributed by atoms with Gasteiger partial charge in [0, 0.05) is 6.54 Å². The Morgan fingerprint density at radius 2 is 2.26 bits per heavy atom. The first-order chi connectivity index (χ1) is 8.99. The summed E-state index contributed by atoms with van der Waals surface area (Å²) in [6.45, 7) is 4.98. The van der Waals surface area contributed by atoms with Gasteiger partial charge in [-0.05, 0) is 18.1 Å². The highest BCUT2D eigenvalue weighted by molar-refractivity contribution is 7.99. The molecule has 1 aromatic carbocycles. The summed E-state index contributed by atoms with van der Waals surface area (Å²) < 4.78 is 2.01. The lowest BCUT2D eigenvalue weighted by Gasteiger charge is -2.11. The molecule has 102 valence electrons. The molecule has 19 heavy (non-hydrogen) atoms. The molecule has 0 spiro atoms. The molecular formula is C13H15ClN2O2S. The third kappa shape index (κ3) is 3.22. The van der Waals surface area contributed by atoms with Crippen LogP contribution in [-0.4, -0.2) is 26.4 Å². The van der Waals surface area contributed by atoms with Crippen LogP contribution >= 0.6 is 23.4 Å². The molecule has 0 saturated carbocycles. The number of halogens is 1. The van der Waals surface area contributed by atoms with E-state index in [9.17, 15) is 4.79 Å². The number of carboxylic acid groups (broad SMARTS) is 1. The molecular weight excluding hydrogens is 284 g/mol. The number of hydrogen-bond donors (Lipinski definition) is 1. The van der Waals surface area contributed by atoms with Gasteiger partial charge >= 0.3 is 5.97 Å². The normalized spacial score (nSPS) is 11.4. The van der Waals surface area contributed by atoms with Crippen molar-refractivity contribution in [2.24, 2.45) is 5.92 Å². The predicted molar refractivity (Wildman–Crippen MR) is 77.9 cm³/mol. The van der Waals surface area contributed by atoms with Crippen LogP contribution in [0.25, 0.3) is 11.0 Å².